The van der Waals surface area contributed by atoms with Crippen molar-refractivity contribution < 1.29 is 9.53 Å². The van der Waals surface area contributed by atoms with E-state index < -0.39 is 0 Å². The monoisotopic (exact) mass is 394 g/mol. The van der Waals surface area contributed by atoms with Crippen LogP contribution in [0.5, 0.6) is 5.75 Å². The van der Waals surface area contributed by atoms with Gasteiger partial charge in [0, 0.05) is 56.6 Å². The molecule has 7 heteroatoms. The summed E-state index contributed by atoms with van der Waals surface area (Å²) in [6, 6.07) is 12.0. The molecule has 0 aliphatic carbocycles. The molecule has 144 valence electrons. The van der Waals surface area contributed by atoms with E-state index in [9.17, 15) is 4.79 Å². The van der Waals surface area contributed by atoms with Gasteiger partial charge in [0.15, 0.2) is 5.13 Å². The Hall–Kier alpha value is -2.93. The lowest BCUT2D eigenvalue weighted by molar-refractivity contribution is -0.129. The molecule has 0 atom stereocenters. The van der Waals surface area contributed by atoms with Gasteiger partial charge in [-0.05, 0) is 30.3 Å². The molecule has 4 rings (SSSR count). The average Bonchev–Trinajstić information content (AvgIpc) is 3.20. The van der Waals surface area contributed by atoms with E-state index in [0.29, 0.717) is 0 Å². The molecule has 0 unspecified atom stereocenters. The molecule has 3 heterocycles. The number of pyridine rings is 1. The number of carbonyl (C=O) groups excluding carboxylic acids is 1. The predicted molar refractivity (Wildman–Crippen MR) is 112 cm³/mol. The molecule has 1 fully saturated rings. The largest absolute Gasteiger partial charge is 0.497 e. The topological polar surface area (TPSA) is 58.6 Å². The molecular formula is C21H22N4O2S. The number of amides is 1. The van der Waals surface area contributed by atoms with Gasteiger partial charge in [-0.25, -0.2) is 4.98 Å². The second-order valence-electron chi connectivity index (χ2n) is 6.64. The molecule has 0 N–H and O–H groups in total. The molecule has 1 aliphatic heterocycles. The highest BCUT2D eigenvalue weighted by atomic mass is 32.1. The Morgan fingerprint density at radius 3 is 2.43 bits per heavy atom. The third kappa shape index (κ3) is 3.71. The molecule has 0 bridgehead atoms. The highest BCUT2D eigenvalue weighted by Crippen LogP contribution is 2.40. The summed E-state index contributed by atoms with van der Waals surface area (Å²) >= 11 is 1.67. The van der Waals surface area contributed by atoms with Crippen LogP contribution in [0.3, 0.4) is 0 Å². The Kier molecular flexibility index (Phi) is 5.25. The molecule has 1 saturated heterocycles. The first-order chi connectivity index (χ1) is 13.7. The lowest BCUT2D eigenvalue weighted by atomic mass is 10.1. The molecule has 1 amide bonds. The standard InChI is InChI=1S/C21H22N4O2S/c1-15(26)24-10-12-25(13-11-24)21-23-19(16-5-7-18(27-2)8-6-16)20(28-21)17-4-3-9-22-14-17/h3-9,14H,10-13H2,1-2H3. The summed E-state index contributed by atoms with van der Waals surface area (Å²) in [5.41, 5.74) is 3.05. The average molecular weight is 394 g/mol. The zero-order valence-electron chi connectivity index (χ0n) is 16.0. The molecule has 2 aromatic heterocycles. The van der Waals surface area contributed by atoms with Crippen LogP contribution in [0.1, 0.15) is 6.92 Å². The number of hydrogen-bond acceptors (Lipinski definition) is 6. The van der Waals surface area contributed by atoms with Crippen LogP contribution in [0.4, 0.5) is 5.13 Å². The number of aromatic nitrogens is 2. The SMILES string of the molecule is COc1ccc(-c2nc(N3CCN(C(C)=O)CC3)sc2-c2cccnc2)cc1. The molecule has 0 spiro atoms. The summed E-state index contributed by atoms with van der Waals surface area (Å²) in [6.45, 7) is 4.68. The fraction of sp³-hybridized carbons (Fsp3) is 0.286. The highest BCUT2D eigenvalue weighted by Gasteiger charge is 2.23. The van der Waals surface area contributed by atoms with Gasteiger partial charge in [0.2, 0.25) is 5.91 Å². The maximum Gasteiger partial charge on any atom is 0.219 e. The number of benzene rings is 1. The lowest BCUT2D eigenvalue weighted by Crippen LogP contribution is -2.48. The third-order valence-electron chi connectivity index (χ3n) is 4.90. The molecule has 3 aromatic rings. The zero-order valence-corrected chi connectivity index (χ0v) is 16.8. The van der Waals surface area contributed by atoms with Gasteiger partial charge < -0.3 is 14.5 Å². The fourth-order valence-corrected chi connectivity index (χ4v) is 4.42. The number of nitrogens with zero attached hydrogens (tertiary/aromatic N) is 4. The van der Waals surface area contributed by atoms with E-state index in [-0.39, 0.29) is 5.91 Å². The van der Waals surface area contributed by atoms with Crippen LogP contribution >= 0.6 is 11.3 Å². The quantitative estimate of drug-likeness (QED) is 0.677. The van der Waals surface area contributed by atoms with Crippen molar-refractivity contribution in [2.45, 2.75) is 6.92 Å². The first-order valence-electron chi connectivity index (χ1n) is 9.22. The summed E-state index contributed by atoms with van der Waals surface area (Å²) in [4.78, 5) is 26.1. The Morgan fingerprint density at radius 1 is 1.07 bits per heavy atom. The van der Waals surface area contributed by atoms with Crippen molar-refractivity contribution in [1.82, 2.24) is 14.9 Å². The minimum Gasteiger partial charge on any atom is -0.497 e. The molecule has 1 aromatic carbocycles. The fourth-order valence-electron chi connectivity index (χ4n) is 3.29. The van der Waals surface area contributed by atoms with Gasteiger partial charge in [-0.1, -0.05) is 17.4 Å². The van der Waals surface area contributed by atoms with Crippen molar-refractivity contribution in [2.24, 2.45) is 0 Å². The summed E-state index contributed by atoms with van der Waals surface area (Å²) in [7, 11) is 1.66. The van der Waals surface area contributed by atoms with Crippen molar-refractivity contribution in [2.75, 3.05) is 38.2 Å². The maximum absolute atomic E-state index is 11.6. The molecule has 0 radical (unpaired) electrons. The molecular weight excluding hydrogens is 372 g/mol. The first kappa shape index (κ1) is 18.4. The number of carbonyl (C=O) groups is 1. The second-order valence-corrected chi connectivity index (χ2v) is 7.62. The number of piperazine rings is 1. The number of ether oxygens (including phenoxy) is 1. The Morgan fingerprint density at radius 2 is 1.82 bits per heavy atom. The van der Waals surface area contributed by atoms with Crippen LogP contribution < -0.4 is 9.64 Å². The summed E-state index contributed by atoms with van der Waals surface area (Å²) < 4.78 is 5.28. The lowest BCUT2D eigenvalue weighted by Gasteiger charge is -2.33. The van der Waals surface area contributed by atoms with E-state index in [1.165, 1.54) is 0 Å². The predicted octanol–water partition coefficient (Wildman–Crippen LogP) is 3.55. The molecule has 6 nitrogen and oxygen atoms in total. The number of rotatable bonds is 4. The van der Waals surface area contributed by atoms with Crippen LogP contribution in [0.25, 0.3) is 21.7 Å². The maximum atomic E-state index is 11.6. The molecule has 1 aliphatic rings. The normalized spacial score (nSPS) is 14.2. The van der Waals surface area contributed by atoms with Crippen molar-refractivity contribution >= 4 is 22.4 Å². The van der Waals surface area contributed by atoms with Crippen LogP contribution in [0.2, 0.25) is 0 Å². The van der Waals surface area contributed by atoms with Crippen molar-refractivity contribution in [1.29, 1.82) is 0 Å². The Balaban J connectivity index is 1.69. The number of thiazole rings is 1. The van der Waals surface area contributed by atoms with Gasteiger partial charge in [0.25, 0.3) is 0 Å². The Labute approximate surface area is 168 Å². The van der Waals surface area contributed by atoms with Crippen molar-refractivity contribution in [3.8, 4) is 27.4 Å². The van der Waals surface area contributed by atoms with Gasteiger partial charge >= 0.3 is 0 Å². The van der Waals surface area contributed by atoms with Crippen molar-refractivity contribution in [3.63, 3.8) is 0 Å². The smallest absolute Gasteiger partial charge is 0.219 e. The third-order valence-corrected chi connectivity index (χ3v) is 6.06. The van der Waals surface area contributed by atoms with Crippen LogP contribution in [-0.4, -0.2) is 54.1 Å². The van der Waals surface area contributed by atoms with Gasteiger partial charge in [0.1, 0.15) is 5.75 Å². The minimum atomic E-state index is 0.133. The van der Waals surface area contributed by atoms with Gasteiger partial charge in [-0.15, -0.1) is 0 Å². The Bertz CT molecular complexity index is 948. The molecule has 28 heavy (non-hydrogen) atoms. The van der Waals surface area contributed by atoms with Gasteiger partial charge in [0.05, 0.1) is 17.7 Å². The van der Waals surface area contributed by atoms with E-state index in [1.807, 2.05) is 41.4 Å². The number of methoxy groups -OCH3 is 1. The summed E-state index contributed by atoms with van der Waals surface area (Å²) in [5, 5.41) is 0.980. The second kappa shape index (κ2) is 7.98. The van der Waals surface area contributed by atoms with E-state index in [4.69, 9.17) is 9.72 Å². The van der Waals surface area contributed by atoms with E-state index >= 15 is 0 Å². The minimum absolute atomic E-state index is 0.133. The van der Waals surface area contributed by atoms with Gasteiger partial charge in [-0.2, -0.15) is 0 Å². The van der Waals surface area contributed by atoms with E-state index in [0.717, 1.165) is 58.8 Å². The van der Waals surface area contributed by atoms with Crippen molar-refractivity contribution in [3.05, 3.63) is 48.8 Å². The number of hydrogen-bond donors (Lipinski definition) is 0. The first-order valence-corrected chi connectivity index (χ1v) is 10.0. The van der Waals surface area contributed by atoms with E-state index in [1.54, 1.807) is 31.6 Å². The highest BCUT2D eigenvalue weighted by molar-refractivity contribution is 7.19. The van der Waals surface area contributed by atoms with Crippen LogP contribution in [-0.2, 0) is 4.79 Å². The molecule has 0 saturated carbocycles. The van der Waals surface area contributed by atoms with E-state index in [2.05, 4.69) is 16.0 Å². The zero-order chi connectivity index (χ0) is 19.5. The number of anilines is 1. The summed E-state index contributed by atoms with van der Waals surface area (Å²) in [6.07, 6.45) is 3.65. The van der Waals surface area contributed by atoms with Crippen LogP contribution in [0, 0.1) is 0 Å². The van der Waals surface area contributed by atoms with Crippen LogP contribution in [0.15, 0.2) is 48.8 Å². The van der Waals surface area contributed by atoms with Gasteiger partial charge in [-0.3, -0.25) is 9.78 Å². The summed E-state index contributed by atoms with van der Waals surface area (Å²) in [5.74, 6) is 0.955.